The number of nitrogens with one attached hydrogen (secondary N) is 1. The lowest BCUT2D eigenvalue weighted by molar-refractivity contribution is -0.131. The number of amides is 1. The standard InChI is InChI=1S/C13H23N3O/c1-11(8-14)9-16-12(17)13(10-15)6-4-2-3-5-7-13/h11H,2-7,9-10,15H2,1H3,(H,16,17). The zero-order chi connectivity index (χ0) is 12.7. The Morgan fingerprint density at radius 2 is 2.00 bits per heavy atom. The molecule has 0 saturated heterocycles. The van der Waals surface area contributed by atoms with Crippen molar-refractivity contribution in [2.75, 3.05) is 13.1 Å². The normalized spacial score (nSPS) is 21.0. The topological polar surface area (TPSA) is 78.9 Å². The van der Waals surface area contributed by atoms with E-state index in [1.165, 1.54) is 12.8 Å². The van der Waals surface area contributed by atoms with Gasteiger partial charge in [-0.2, -0.15) is 5.26 Å². The van der Waals surface area contributed by atoms with Crippen LogP contribution in [0, 0.1) is 22.7 Å². The Morgan fingerprint density at radius 1 is 1.41 bits per heavy atom. The molecule has 3 N–H and O–H groups in total. The van der Waals surface area contributed by atoms with E-state index < -0.39 is 0 Å². The third-order valence-electron chi connectivity index (χ3n) is 3.72. The molecule has 0 heterocycles. The summed E-state index contributed by atoms with van der Waals surface area (Å²) in [5, 5.41) is 11.6. The molecule has 0 bridgehead atoms. The highest BCUT2D eigenvalue weighted by Crippen LogP contribution is 2.34. The zero-order valence-electron chi connectivity index (χ0n) is 10.7. The Kier molecular flexibility index (Phi) is 5.43. The number of hydrogen-bond donors (Lipinski definition) is 2. The molecule has 1 fully saturated rings. The van der Waals surface area contributed by atoms with E-state index in [9.17, 15) is 4.79 Å². The highest BCUT2D eigenvalue weighted by molar-refractivity contribution is 5.82. The second-order valence-electron chi connectivity index (χ2n) is 5.14. The van der Waals surface area contributed by atoms with Gasteiger partial charge >= 0.3 is 0 Å². The summed E-state index contributed by atoms with van der Waals surface area (Å²) in [5.41, 5.74) is 5.44. The van der Waals surface area contributed by atoms with Gasteiger partial charge in [0.15, 0.2) is 0 Å². The molecule has 96 valence electrons. The predicted molar refractivity (Wildman–Crippen MR) is 67.0 cm³/mol. The van der Waals surface area contributed by atoms with E-state index in [-0.39, 0.29) is 17.2 Å². The van der Waals surface area contributed by atoms with E-state index >= 15 is 0 Å². The minimum Gasteiger partial charge on any atom is -0.354 e. The average molecular weight is 237 g/mol. The summed E-state index contributed by atoms with van der Waals surface area (Å²) in [6.07, 6.45) is 6.33. The van der Waals surface area contributed by atoms with Gasteiger partial charge in [-0.25, -0.2) is 0 Å². The first-order valence-electron chi connectivity index (χ1n) is 6.52. The lowest BCUT2D eigenvalue weighted by Crippen LogP contribution is -2.46. The van der Waals surface area contributed by atoms with E-state index in [0.717, 1.165) is 25.7 Å². The molecule has 1 aliphatic carbocycles. The molecule has 0 aromatic rings. The lowest BCUT2D eigenvalue weighted by atomic mass is 9.79. The molecule has 1 amide bonds. The predicted octanol–water partition coefficient (Wildman–Crippen LogP) is 1.56. The van der Waals surface area contributed by atoms with Crippen LogP contribution in [0.2, 0.25) is 0 Å². The number of rotatable bonds is 4. The molecule has 1 rings (SSSR count). The van der Waals surface area contributed by atoms with Gasteiger partial charge in [-0.1, -0.05) is 25.7 Å². The van der Waals surface area contributed by atoms with Gasteiger partial charge < -0.3 is 11.1 Å². The molecule has 1 aliphatic rings. The van der Waals surface area contributed by atoms with Crippen molar-refractivity contribution in [3.8, 4) is 6.07 Å². The van der Waals surface area contributed by atoms with Crippen LogP contribution in [0.15, 0.2) is 0 Å². The molecule has 1 saturated carbocycles. The molecular weight excluding hydrogens is 214 g/mol. The molecule has 4 nitrogen and oxygen atoms in total. The number of carbonyl (C=O) groups excluding carboxylic acids is 1. The summed E-state index contributed by atoms with van der Waals surface area (Å²) in [7, 11) is 0. The Labute approximate surface area is 104 Å². The van der Waals surface area contributed by atoms with Crippen molar-refractivity contribution in [3.63, 3.8) is 0 Å². The molecule has 4 heteroatoms. The van der Waals surface area contributed by atoms with Gasteiger partial charge in [0.1, 0.15) is 0 Å². The van der Waals surface area contributed by atoms with E-state index in [4.69, 9.17) is 11.0 Å². The van der Waals surface area contributed by atoms with Crippen LogP contribution in [0.3, 0.4) is 0 Å². The molecule has 0 aliphatic heterocycles. The third kappa shape index (κ3) is 3.71. The molecule has 0 spiro atoms. The summed E-state index contributed by atoms with van der Waals surface area (Å²) in [4.78, 5) is 12.2. The van der Waals surface area contributed by atoms with Crippen LogP contribution < -0.4 is 11.1 Å². The van der Waals surface area contributed by atoms with Gasteiger partial charge in [0.2, 0.25) is 5.91 Å². The Morgan fingerprint density at radius 3 is 2.47 bits per heavy atom. The molecule has 1 atom stereocenters. The van der Waals surface area contributed by atoms with Crippen LogP contribution >= 0.6 is 0 Å². The molecule has 0 aromatic heterocycles. The van der Waals surface area contributed by atoms with Crippen LogP contribution in [0.5, 0.6) is 0 Å². The van der Waals surface area contributed by atoms with Crippen molar-refractivity contribution in [3.05, 3.63) is 0 Å². The number of nitrogens with two attached hydrogens (primary N) is 1. The van der Waals surface area contributed by atoms with Crippen molar-refractivity contribution < 1.29 is 4.79 Å². The van der Waals surface area contributed by atoms with Crippen LogP contribution in [0.25, 0.3) is 0 Å². The van der Waals surface area contributed by atoms with Gasteiger partial charge in [-0.3, -0.25) is 4.79 Å². The number of nitriles is 1. The number of hydrogen-bond acceptors (Lipinski definition) is 3. The largest absolute Gasteiger partial charge is 0.354 e. The fraction of sp³-hybridized carbons (Fsp3) is 0.846. The van der Waals surface area contributed by atoms with Crippen molar-refractivity contribution in [2.45, 2.75) is 45.4 Å². The van der Waals surface area contributed by atoms with E-state index in [0.29, 0.717) is 13.1 Å². The second kappa shape index (κ2) is 6.61. The highest BCUT2D eigenvalue weighted by atomic mass is 16.2. The van der Waals surface area contributed by atoms with Gasteiger partial charge in [-0.15, -0.1) is 0 Å². The van der Waals surface area contributed by atoms with E-state index in [1.54, 1.807) is 0 Å². The lowest BCUT2D eigenvalue weighted by Gasteiger charge is -2.30. The first-order chi connectivity index (χ1) is 8.14. The second-order valence-corrected chi connectivity index (χ2v) is 5.14. The summed E-state index contributed by atoms with van der Waals surface area (Å²) < 4.78 is 0. The number of carbonyl (C=O) groups is 1. The SMILES string of the molecule is CC(C#N)CNC(=O)C1(CN)CCCCCC1. The van der Waals surface area contributed by atoms with Crippen LogP contribution in [0.1, 0.15) is 45.4 Å². The maximum atomic E-state index is 12.2. The fourth-order valence-corrected chi connectivity index (χ4v) is 2.41. The van der Waals surface area contributed by atoms with Gasteiger partial charge in [0.25, 0.3) is 0 Å². The molecule has 0 radical (unpaired) electrons. The smallest absolute Gasteiger partial charge is 0.227 e. The van der Waals surface area contributed by atoms with Crippen LogP contribution in [-0.2, 0) is 4.79 Å². The Balaban J connectivity index is 2.58. The molecule has 0 aromatic carbocycles. The number of nitrogens with zero attached hydrogens (tertiary/aromatic N) is 1. The average Bonchev–Trinajstić information content (AvgIpc) is 2.61. The van der Waals surface area contributed by atoms with Crippen LogP contribution in [0.4, 0.5) is 0 Å². The van der Waals surface area contributed by atoms with Gasteiger partial charge in [0.05, 0.1) is 17.4 Å². The molecular formula is C13H23N3O. The Bertz CT molecular complexity index is 288. The van der Waals surface area contributed by atoms with Crippen molar-refractivity contribution in [2.24, 2.45) is 17.1 Å². The quantitative estimate of drug-likeness (QED) is 0.728. The minimum atomic E-state index is -0.383. The maximum Gasteiger partial charge on any atom is 0.227 e. The van der Waals surface area contributed by atoms with E-state index in [1.807, 2.05) is 6.92 Å². The van der Waals surface area contributed by atoms with Crippen molar-refractivity contribution in [1.29, 1.82) is 5.26 Å². The minimum absolute atomic E-state index is 0.0454. The summed E-state index contributed by atoms with van der Waals surface area (Å²) in [6.45, 7) is 2.65. The first-order valence-corrected chi connectivity index (χ1v) is 6.52. The maximum absolute atomic E-state index is 12.2. The summed E-state index contributed by atoms with van der Waals surface area (Å²) in [5.74, 6) is -0.0939. The fourth-order valence-electron chi connectivity index (χ4n) is 2.41. The summed E-state index contributed by atoms with van der Waals surface area (Å²) >= 11 is 0. The summed E-state index contributed by atoms with van der Waals surface area (Å²) in [6, 6.07) is 2.12. The Hall–Kier alpha value is -1.08. The van der Waals surface area contributed by atoms with E-state index in [2.05, 4.69) is 11.4 Å². The van der Waals surface area contributed by atoms with Gasteiger partial charge in [-0.05, 0) is 19.8 Å². The first kappa shape index (κ1) is 14.0. The van der Waals surface area contributed by atoms with Gasteiger partial charge in [0, 0.05) is 13.1 Å². The van der Waals surface area contributed by atoms with Crippen LogP contribution in [-0.4, -0.2) is 19.0 Å². The highest BCUT2D eigenvalue weighted by Gasteiger charge is 2.36. The third-order valence-corrected chi connectivity index (χ3v) is 3.72. The monoisotopic (exact) mass is 237 g/mol. The van der Waals surface area contributed by atoms with Crippen molar-refractivity contribution >= 4 is 5.91 Å². The van der Waals surface area contributed by atoms with Crippen molar-refractivity contribution in [1.82, 2.24) is 5.32 Å². The zero-order valence-corrected chi connectivity index (χ0v) is 10.7. The molecule has 1 unspecified atom stereocenters. The molecule has 17 heavy (non-hydrogen) atoms.